The van der Waals surface area contributed by atoms with Crippen molar-refractivity contribution in [3.8, 4) is 0 Å². The molecule has 2 fully saturated rings. The van der Waals surface area contributed by atoms with E-state index in [-0.39, 0.29) is 4.90 Å². The molecule has 0 aliphatic carbocycles. The van der Waals surface area contributed by atoms with Crippen molar-refractivity contribution < 1.29 is 17.5 Å². The third kappa shape index (κ3) is 5.92. The van der Waals surface area contributed by atoms with E-state index < -0.39 is 10.1 Å². The molecule has 0 unspecified atom stereocenters. The number of rotatable bonds is 4. The maximum Gasteiger partial charge on any atom is 0.124 e. The van der Waals surface area contributed by atoms with Crippen LogP contribution in [-0.2, 0) is 10.1 Å². The van der Waals surface area contributed by atoms with E-state index in [0.717, 1.165) is 12.1 Å². The van der Waals surface area contributed by atoms with E-state index >= 15 is 0 Å². The van der Waals surface area contributed by atoms with Crippen LogP contribution in [0.2, 0.25) is 0 Å². The molecule has 2 heterocycles. The zero-order chi connectivity index (χ0) is 25.1. The molecule has 4 nitrogen and oxygen atoms in total. The summed E-state index contributed by atoms with van der Waals surface area (Å²) >= 11 is 0. The lowest BCUT2D eigenvalue weighted by atomic mass is 9.85. The fraction of sp³-hybridized carbons (Fsp3) is 0.333. The molecule has 0 radical (unpaired) electrons. The van der Waals surface area contributed by atoms with E-state index in [4.69, 9.17) is 0 Å². The van der Waals surface area contributed by atoms with Gasteiger partial charge in [-0.15, -0.1) is 0 Å². The van der Waals surface area contributed by atoms with E-state index in [9.17, 15) is 13.0 Å². The summed E-state index contributed by atoms with van der Waals surface area (Å²) in [5.74, 6) is 0.712. The maximum atomic E-state index is 10.5. The number of hydrogen-bond acceptors (Lipinski definition) is 3. The molecule has 5 rings (SSSR count). The number of benzene rings is 3. The highest BCUT2D eigenvalue weighted by atomic mass is 32.2. The van der Waals surface area contributed by atoms with Crippen molar-refractivity contribution in [1.82, 2.24) is 0 Å². The Morgan fingerprint density at radius 2 is 1.26 bits per heavy atom. The Morgan fingerprint density at radius 3 is 1.69 bits per heavy atom. The van der Waals surface area contributed by atoms with Gasteiger partial charge in [0.25, 0.3) is 0 Å². The predicted octanol–water partition coefficient (Wildman–Crippen LogP) is 6.03. The van der Waals surface area contributed by atoms with Gasteiger partial charge in [-0.2, -0.15) is 0 Å². The second-order valence-corrected chi connectivity index (χ2v) is 11.6. The normalized spacial score (nSPS) is 22.6. The van der Waals surface area contributed by atoms with E-state index in [1.54, 1.807) is 19.1 Å². The maximum absolute atomic E-state index is 10.5. The highest BCUT2D eigenvalue weighted by Gasteiger charge is 2.48. The summed E-state index contributed by atoms with van der Waals surface area (Å²) in [6.07, 6.45) is 8.08. The summed E-state index contributed by atoms with van der Waals surface area (Å²) in [4.78, 5) is -0.139. The number of allylic oxidation sites excluding steroid dienone is 1. The number of fused-ring (bicyclic) bond motifs is 2. The van der Waals surface area contributed by atoms with Gasteiger partial charge in [0.2, 0.25) is 0 Å². The largest absolute Gasteiger partial charge is 0.744 e. The zero-order valence-electron chi connectivity index (χ0n) is 20.8. The van der Waals surface area contributed by atoms with Crippen molar-refractivity contribution in [2.45, 2.75) is 49.6 Å². The van der Waals surface area contributed by atoms with Crippen LogP contribution in [0.25, 0.3) is 5.57 Å². The van der Waals surface area contributed by atoms with Crippen LogP contribution in [0.3, 0.4) is 0 Å². The molecule has 0 amide bonds. The van der Waals surface area contributed by atoms with Gasteiger partial charge in [0, 0.05) is 25.7 Å². The minimum absolute atomic E-state index is 0.139. The molecule has 2 saturated heterocycles. The van der Waals surface area contributed by atoms with Crippen molar-refractivity contribution in [3.63, 3.8) is 0 Å². The second kappa shape index (κ2) is 10.5. The van der Waals surface area contributed by atoms with E-state index in [1.807, 2.05) is 0 Å². The van der Waals surface area contributed by atoms with Crippen molar-refractivity contribution in [2.75, 3.05) is 14.1 Å². The molecule has 3 aromatic rings. The molecular formula is C30H35NO3S. The quantitative estimate of drug-likeness (QED) is 0.332. The summed E-state index contributed by atoms with van der Waals surface area (Å²) in [5.41, 5.74) is 4.58. The highest BCUT2D eigenvalue weighted by molar-refractivity contribution is 7.85. The molecule has 0 N–H and O–H groups in total. The Hall–Kier alpha value is -2.73. The first-order chi connectivity index (χ1) is 16.7. The summed E-state index contributed by atoms with van der Waals surface area (Å²) in [6.45, 7) is 1.59. The van der Waals surface area contributed by atoms with Crippen LogP contribution in [0, 0.1) is 12.8 Å². The van der Waals surface area contributed by atoms with Crippen LogP contribution in [0.15, 0.2) is 95.9 Å². The van der Waals surface area contributed by atoms with Crippen LogP contribution in [0.5, 0.6) is 0 Å². The molecule has 2 aliphatic heterocycles. The lowest BCUT2D eigenvalue weighted by Crippen LogP contribution is -2.54. The molecule has 2 aliphatic rings. The molecule has 2 bridgehead atoms. The fourth-order valence-corrected chi connectivity index (χ4v) is 6.43. The number of hydrogen-bond donors (Lipinski definition) is 0. The lowest BCUT2D eigenvalue weighted by molar-refractivity contribution is -0.931. The smallest absolute Gasteiger partial charge is 0.124 e. The monoisotopic (exact) mass is 489 g/mol. The van der Waals surface area contributed by atoms with Gasteiger partial charge in [0.15, 0.2) is 0 Å². The van der Waals surface area contributed by atoms with Crippen LogP contribution >= 0.6 is 0 Å². The molecular weight excluding hydrogens is 454 g/mol. The minimum atomic E-state index is -4.28. The van der Waals surface area contributed by atoms with Gasteiger partial charge in [-0.05, 0) is 41.2 Å². The van der Waals surface area contributed by atoms with Crippen molar-refractivity contribution in [3.05, 3.63) is 108 Å². The summed E-state index contributed by atoms with van der Waals surface area (Å²) in [5, 5.41) is 0. The number of piperidine rings is 1. The summed E-state index contributed by atoms with van der Waals surface area (Å²) in [6, 6.07) is 29.6. The zero-order valence-corrected chi connectivity index (χ0v) is 21.6. The third-order valence-electron chi connectivity index (χ3n) is 7.80. The average molecular weight is 490 g/mol. The van der Waals surface area contributed by atoms with E-state index in [1.165, 1.54) is 59.0 Å². The Balaban J connectivity index is 0.000000221. The molecule has 0 spiro atoms. The Labute approximate surface area is 210 Å². The molecule has 3 aromatic carbocycles. The fourth-order valence-electron chi connectivity index (χ4n) is 5.73. The SMILES string of the molecule is C[N+]1(C)[C@@H]2CC[C@H]1C[C@@H](C=C(c1ccccc1)c1ccccc1)C2.Cc1ccccc1S(=O)(=O)[O-]. The van der Waals surface area contributed by atoms with Gasteiger partial charge in [-0.1, -0.05) is 84.9 Å². The van der Waals surface area contributed by atoms with Crippen molar-refractivity contribution >= 4 is 15.7 Å². The van der Waals surface area contributed by atoms with E-state index in [0.29, 0.717) is 11.5 Å². The average Bonchev–Trinajstić information content (AvgIpc) is 3.00. The van der Waals surface area contributed by atoms with Crippen LogP contribution in [-0.4, -0.2) is 43.6 Å². The molecule has 0 saturated carbocycles. The van der Waals surface area contributed by atoms with Crippen molar-refractivity contribution in [2.24, 2.45) is 5.92 Å². The minimum Gasteiger partial charge on any atom is -0.744 e. The number of aryl methyl sites for hydroxylation is 1. The number of quaternary nitrogens is 1. The predicted molar refractivity (Wildman–Crippen MR) is 141 cm³/mol. The third-order valence-corrected chi connectivity index (χ3v) is 8.80. The van der Waals surface area contributed by atoms with Gasteiger partial charge in [-0.3, -0.25) is 0 Å². The molecule has 3 atom stereocenters. The van der Waals surface area contributed by atoms with E-state index in [2.05, 4.69) is 80.8 Å². The topological polar surface area (TPSA) is 57.2 Å². The highest BCUT2D eigenvalue weighted by Crippen LogP contribution is 2.43. The second-order valence-electron chi connectivity index (χ2n) is 10.3. The first-order valence-corrected chi connectivity index (χ1v) is 13.7. The van der Waals surface area contributed by atoms with Gasteiger partial charge in [0.1, 0.15) is 10.1 Å². The number of nitrogens with zero attached hydrogens (tertiary/aromatic N) is 1. The summed E-state index contributed by atoms with van der Waals surface area (Å²) < 4.78 is 32.7. The standard InChI is InChI=1S/C23H28N.C7H8O3S/c1-24(2)21-13-14-22(24)16-18(15-21)17-23(19-9-5-3-6-10-19)20-11-7-4-8-12-20;1-6-4-2-3-5-7(6)11(8,9)10/h3-12,17-18,21-22H,13-16H2,1-2H3;2-5H,1H3,(H,8,9,10)/q+1;/p-1/t18-,21+,22-;. The Morgan fingerprint density at radius 1 is 0.800 bits per heavy atom. The van der Waals surface area contributed by atoms with Gasteiger partial charge >= 0.3 is 0 Å². The molecule has 35 heavy (non-hydrogen) atoms. The van der Waals surface area contributed by atoms with Gasteiger partial charge in [0.05, 0.1) is 31.1 Å². The Kier molecular flexibility index (Phi) is 7.60. The van der Waals surface area contributed by atoms with Crippen LogP contribution < -0.4 is 0 Å². The van der Waals surface area contributed by atoms with Gasteiger partial charge < -0.3 is 9.04 Å². The van der Waals surface area contributed by atoms with Crippen molar-refractivity contribution in [1.29, 1.82) is 0 Å². The Bertz CT molecular complexity index is 1210. The summed E-state index contributed by atoms with van der Waals surface area (Å²) in [7, 11) is 0.601. The first-order valence-electron chi connectivity index (χ1n) is 12.3. The molecule has 5 heteroatoms. The first kappa shape index (κ1) is 25.4. The molecule has 0 aromatic heterocycles. The van der Waals surface area contributed by atoms with Gasteiger partial charge in [-0.25, -0.2) is 8.42 Å². The lowest BCUT2D eigenvalue weighted by Gasteiger charge is -2.44. The van der Waals surface area contributed by atoms with Crippen LogP contribution in [0.4, 0.5) is 0 Å². The van der Waals surface area contributed by atoms with Crippen LogP contribution in [0.1, 0.15) is 42.4 Å². The molecule has 184 valence electrons.